The lowest BCUT2D eigenvalue weighted by molar-refractivity contribution is -0.126. The molecule has 1 aliphatic rings. The van der Waals surface area contributed by atoms with Gasteiger partial charge in [0.05, 0.1) is 11.0 Å². The first-order valence-corrected chi connectivity index (χ1v) is 8.63. The smallest absolute Gasteiger partial charge is 0.336 e. The Morgan fingerprint density at radius 2 is 1.88 bits per heavy atom. The molecule has 2 N–H and O–H groups in total. The molecule has 0 spiro atoms. The Morgan fingerprint density at radius 1 is 1.21 bits per heavy atom. The molecule has 1 aromatic carbocycles. The van der Waals surface area contributed by atoms with Gasteiger partial charge in [-0.3, -0.25) is 4.79 Å². The Labute approximate surface area is 143 Å². The summed E-state index contributed by atoms with van der Waals surface area (Å²) in [6.07, 6.45) is 4.54. The highest BCUT2D eigenvalue weighted by atomic mass is 16.5. The van der Waals surface area contributed by atoms with E-state index in [0.29, 0.717) is 30.9 Å². The first-order valence-electron chi connectivity index (χ1n) is 8.63. The van der Waals surface area contributed by atoms with E-state index in [4.69, 9.17) is 4.74 Å². The molecule has 0 unspecified atom stereocenters. The molecule has 0 aliphatic heterocycles. The van der Waals surface area contributed by atoms with Crippen LogP contribution in [0.4, 0.5) is 5.69 Å². The zero-order valence-electron chi connectivity index (χ0n) is 14.8. The lowest BCUT2D eigenvalue weighted by Crippen LogP contribution is -2.35. The first kappa shape index (κ1) is 18.5. The van der Waals surface area contributed by atoms with Crippen LogP contribution in [-0.2, 0) is 9.53 Å². The summed E-state index contributed by atoms with van der Waals surface area (Å²) < 4.78 is 5.45. The summed E-state index contributed by atoms with van der Waals surface area (Å²) in [5.41, 5.74) is 2.00. The molecule has 24 heavy (non-hydrogen) atoms. The Hall–Kier alpha value is -1.88. The van der Waals surface area contributed by atoms with Gasteiger partial charge < -0.3 is 15.2 Å². The van der Waals surface area contributed by atoms with Crippen LogP contribution in [0, 0.1) is 19.3 Å². The number of rotatable bonds is 7. The van der Waals surface area contributed by atoms with Gasteiger partial charge in [0, 0.05) is 18.9 Å². The standard InChI is InChI=1S/C19H27NO4/c1-4-24-10-9-19(7-5-6-8-19)18(23)20-16-12-15(17(21)22)13(2)11-14(16)3/h11-12H,4-10H2,1-3H3,(H,20,23)(H,21,22). The van der Waals surface area contributed by atoms with Crippen molar-refractivity contribution in [3.8, 4) is 0 Å². The van der Waals surface area contributed by atoms with Gasteiger partial charge in [-0.15, -0.1) is 0 Å². The van der Waals surface area contributed by atoms with E-state index >= 15 is 0 Å². The van der Waals surface area contributed by atoms with Crippen LogP contribution in [0.3, 0.4) is 0 Å². The largest absolute Gasteiger partial charge is 0.478 e. The fourth-order valence-electron chi connectivity index (χ4n) is 3.53. The van der Waals surface area contributed by atoms with Gasteiger partial charge in [0.15, 0.2) is 0 Å². The maximum absolute atomic E-state index is 12.9. The summed E-state index contributed by atoms with van der Waals surface area (Å²) in [5, 5.41) is 12.3. The molecule has 0 saturated heterocycles. The van der Waals surface area contributed by atoms with Crippen molar-refractivity contribution >= 4 is 17.6 Å². The van der Waals surface area contributed by atoms with E-state index in [2.05, 4.69) is 5.32 Å². The maximum Gasteiger partial charge on any atom is 0.336 e. The molecule has 0 atom stereocenters. The van der Waals surface area contributed by atoms with Gasteiger partial charge >= 0.3 is 5.97 Å². The van der Waals surface area contributed by atoms with Crippen molar-refractivity contribution < 1.29 is 19.4 Å². The summed E-state index contributed by atoms with van der Waals surface area (Å²) in [5.74, 6) is -0.988. The van der Waals surface area contributed by atoms with Gasteiger partial charge in [0.1, 0.15) is 0 Å². The second kappa shape index (κ2) is 7.79. The Bertz CT molecular complexity index is 618. The van der Waals surface area contributed by atoms with Crippen LogP contribution < -0.4 is 5.32 Å². The fraction of sp³-hybridized carbons (Fsp3) is 0.579. The molecular formula is C19H27NO4. The van der Waals surface area contributed by atoms with Crippen molar-refractivity contribution in [1.29, 1.82) is 0 Å². The molecule has 0 heterocycles. The van der Waals surface area contributed by atoms with Crippen molar-refractivity contribution in [3.05, 3.63) is 28.8 Å². The number of carboxylic acid groups (broad SMARTS) is 1. The van der Waals surface area contributed by atoms with E-state index < -0.39 is 11.4 Å². The molecule has 1 aromatic rings. The normalized spacial score (nSPS) is 16.1. The maximum atomic E-state index is 12.9. The Morgan fingerprint density at radius 3 is 2.46 bits per heavy atom. The minimum absolute atomic E-state index is 0.0111. The number of carbonyl (C=O) groups is 2. The van der Waals surface area contributed by atoms with E-state index in [1.165, 1.54) is 0 Å². The van der Waals surface area contributed by atoms with Crippen LogP contribution >= 0.6 is 0 Å². The molecule has 5 nitrogen and oxygen atoms in total. The zero-order valence-corrected chi connectivity index (χ0v) is 14.8. The molecule has 2 rings (SSSR count). The lowest BCUT2D eigenvalue weighted by atomic mass is 9.81. The number of carboxylic acids is 1. The average Bonchev–Trinajstić information content (AvgIpc) is 3.00. The fourth-order valence-corrected chi connectivity index (χ4v) is 3.53. The van der Waals surface area contributed by atoms with E-state index in [1.54, 1.807) is 19.1 Å². The highest BCUT2D eigenvalue weighted by molar-refractivity contribution is 5.98. The lowest BCUT2D eigenvalue weighted by Gasteiger charge is -2.28. The predicted octanol–water partition coefficient (Wildman–Crippen LogP) is 3.93. The van der Waals surface area contributed by atoms with E-state index in [0.717, 1.165) is 31.2 Å². The van der Waals surface area contributed by atoms with E-state index in [-0.39, 0.29) is 11.5 Å². The summed E-state index contributed by atoms with van der Waals surface area (Å²) in [6.45, 7) is 6.83. The molecule has 0 radical (unpaired) electrons. The molecule has 1 aliphatic carbocycles. The summed E-state index contributed by atoms with van der Waals surface area (Å²) in [7, 11) is 0. The SMILES string of the molecule is CCOCCC1(C(=O)Nc2cc(C(=O)O)c(C)cc2C)CCCC1. The first-order chi connectivity index (χ1) is 11.4. The number of amides is 1. The molecule has 5 heteroatoms. The van der Waals surface area contributed by atoms with Crippen molar-refractivity contribution in [2.24, 2.45) is 5.41 Å². The number of aromatic carboxylic acids is 1. The molecule has 0 aromatic heterocycles. The zero-order chi connectivity index (χ0) is 17.7. The van der Waals surface area contributed by atoms with Crippen LogP contribution in [0.25, 0.3) is 0 Å². The number of ether oxygens (including phenoxy) is 1. The number of aryl methyl sites for hydroxylation is 2. The van der Waals surface area contributed by atoms with Crippen LogP contribution in [0.1, 0.15) is 60.5 Å². The van der Waals surface area contributed by atoms with Crippen LogP contribution in [0.2, 0.25) is 0 Å². The number of anilines is 1. The van der Waals surface area contributed by atoms with Crippen LogP contribution in [-0.4, -0.2) is 30.2 Å². The Kier molecular flexibility index (Phi) is 5.99. The minimum Gasteiger partial charge on any atom is -0.478 e. The quantitative estimate of drug-likeness (QED) is 0.741. The third kappa shape index (κ3) is 3.96. The Balaban J connectivity index is 2.20. The molecular weight excluding hydrogens is 306 g/mol. The molecule has 132 valence electrons. The topological polar surface area (TPSA) is 75.6 Å². The highest BCUT2D eigenvalue weighted by Crippen LogP contribution is 2.42. The van der Waals surface area contributed by atoms with Gasteiger partial charge in [-0.1, -0.05) is 18.9 Å². The van der Waals surface area contributed by atoms with Gasteiger partial charge in [0.25, 0.3) is 0 Å². The molecule has 1 amide bonds. The van der Waals surface area contributed by atoms with Crippen molar-refractivity contribution in [2.75, 3.05) is 18.5 Å². The third-order valence-electron chi connectivity index (χ3n) is 5.02. The molecule has 1 fully saturated rings. The van der Waals surface area contributed by atoms with Gasteiger partial charge in [-0.2, -0.15) is 0 Å². The summed E-state index contributed by atoms with van der Waals surface area (Å²) in [4.78, 5) is 24.3. The van der Waals surface area contributed by atoms with Crippen molar-refractivity contribution in [1.82, 2.24) is 0 Å². The van der Waals surface area contributed by atoms with E-state index in [1.807, 2.05) is 13.8 Å². The van der Waals surface area contributed by atoms with E-state index in [9.17, 15) is 14.7 Å². The molecule has 1 saturated carbocycles. The average molecular weight is 333 g/mol. The molecule has 0 bridgehead atoms. The predicted molar refractivity (Wildman–Crippen MR) is 93.5 cm³/mol. The van der Waals surface area contributed by atoms with Crippen molar-refractivity contribution in [3.63, 3.8) is 0 Å². The second-order valence-electron chi connectivity index (χ2n) is 6.68. The number of nitrogens with one attached hydrogen (secondary N) is 1. The van der Waals surface area contributed by atoms with Crippen LogP contribution in [0.5, 0.6) is 0 Å². The number of carbonyl (C=O) groups excluding carboxylic acids is 1. The van der Waals surface area contributed by atoms with Crippen molar-refractivity contribution in [2.45, 2.75) is 52.9 Å². The number of benzene rings is 1. The minimum atomic E-state index is -0.977. The highest BCUT2D eigenvalue weighted by Gasteiger charge is 2.40. The van der Waals surface area contributed by atoms with Gasteiger partial charge in [-0.05, 0) is 57.2 Å². The number of hydrogen-bond donors (Lipinski definition) is 2. The third-order valence-corrected chi connectivity index (χ3v) is 5.02. The summed E-state index contributed by atoms with van der Waals surface area (Å²) in [6, 6.07) is 3.37. The number of hydrogen-bond acceptors (Lipinski definition) is 3. The summed E-state index contributed by atoms with van der Waals surface area (Å²) >= 11 is 0. The van der Waals surface area contributed by atoms with Gasteiger partial charge in [-0.25, -0.2) is 4.79 Å². The van der Waals surface area contributed by atoms with Gasteiger partial charge in [0.2, 0.25) is 5.91 Å². The second-order valence-corrected chi connectivity index (χ2v) is 6.68. The monoisotopic (exact) mass is 333 g/mol. The van der Waals surface area contributed by atoms with Crippen LogP contribution in [0.15, 0.2) is 12.1 Å².